The zero-order valence-corrected chi connectivity index (χ0v) is 11.6. The number of nitrogens with one attached hydrogen (secondary N) is 1. The van der Waals surface area contributed by atoms with Gasteiger partial charge in [0, 0.05) is 18.5 Å². The Labute approximate surface area is 107 Å². The lowest BCUT2D eigenvalue weighted by atomic mass is 10.2. The van der Waals surface area contributed by atoms with E-state index in [0.717, 1.165) is 12.8 Å². The minimum atomic E-state index is -3.51. The van der Waals surface area contributed by atoms with Gasteiger partial charge in [-0.15, -0.1) is 11.6 Å². The highest BCUT2D eigenvalue weighted by atomic mass is 35.5. The van der Waals surface area contributed by atoms with Crippen LogP contribution >= 0.6 is 11.6 Å². The highest BCUT2D eigenvalue weighted by molar-refractivity contribution is 7.89. The molecule has 0 aliphatic carbocycles. The number of H-pyrrole nitrogens is 1. The first-order chi connectivity index (χ1) is 8.07. The van der Waals surface area contributed by atoms with Crippen LogP contribution in [0.25, 0.3) is 0 Å². The Hall–Kier alpha value is -0.590. The molecule has 0 aliphatic rings. The Morgan fingerprint density at radius 2 is 2.12 bits per heavy atom. The molecule has 0 atom stereocenters. The fraction of sp³-hybridized carbons (Fsp3) is 0.700. The Bertz CT molecular complexity index is 415. The average Bonchev–Trinajstić information content (AvgIpc) is 2.83. The predicted molar refractivity (Wildman–Crippen MR) is 67.6 cm³/mol. The molecule has 0 saturated carbocycles. The maximum atomic E-state index is 12.3. The van der Waals surface area contributed by atoms with Gasteiger partial charge in [0.05, 0.1) is 6.20 Å². The van der Waals surface area contributed by atoms with Crippen LogP contribution in [0.4, 0.5) is 0 Å². The summed E-state index contributed by atoms with van der Waals surface area (Å²) in [5.74, 6) is 0.282. The SMILES string of the molecule is CCC(CC)N(CCCl)S(=O)(=O)c1ccn[nH]1. The van der Waals surface area contributed by atoms with E-state index in [1.807, 2.05) is 13.8 Å². The highest BCUT2D eigenvalue weighted by Crippen LogP contribution is 2.19. The van der Waals surface area contributed by atoms with E-state index in [9.17, 15) is 8.42 Å². The summed E-state index contributed by atoms with van der Waals surface area (Å²) in [7, 11) is -3.51. The van der Waals surface area contributed by atoms with Crippen molar-refractivity contribution in [2.45, 2.75) is 37.8 Å². The van der Waals surface area contributed by atoms with E-state index in [-0.39, 0.29) is 16.9 Å². The average molecular weight is 280 g/mol. The standard InChI is InChI=1S/C10H18ClN3O2S/c1-3-9(4-2)14(8-6-11)17(15,16)10-5-7-12-13-10/h5,7,9H,3-4,6,8H2,1-2H3,(H,12,13). The second-order valence-corrected chi connectivity index (χ2v) is 5.93. The minimum absolute atomic E-state index is 0.0259. The zero-order valence-electron chi connectivity index (χ0n) is 10.1. The summed E-state index contributed by atoms with van der Waals surface area (Å²) in [4.78, 5) is 0. The number of hydrogen-bond acceptors (Lipinski definition) is 3. The van der Waals surface area contributed by atoms with Crippen molar-refractivity contribution in [2.24, 2.45) is 0 Å². The van der Waals surface area contributed by atoms with Crippen LogP contribution in [0.5, 0.6) is 0 Å². The number of aromatic nitrogens is 2. The maximum absolute atomic E-state index is 12.3. The minimum Gasteiger partial charge on any atom is -0.266 e. The third-order valence-electron chi connectivity index (χ3n) is 2.72. The van der Waals surface area contributed by atoms with Gasteiger partial charge in [0.25, 0.3) is 10.0 Å². The van der Waals surface area contributed by atoms with E-state index >= 15 is 0 Å². The van der Waals surface area contributed by atoms with Crippen molar-refractivity contribution in [3.63, 3.8) is 0 Å². The molecule has 0 saturated heterocycles. The number of halogens is 1. The van der Waals surface area contributed by atoms with Crippen LogP contribution < -0.4 is 0 Å². The number of alkyl halides is 1. The summed E-state index contributed by atoms with van der Waals surface area (Å²) in [5.41, 5.74) is 0. The normalized spacial score (nSPS) is 12.5. The molecule has 1 rings (SSSR count). The molecule has 0 aliphatic heterocycles. The summed E-state index contributed by atoms with van der Waals surface area (Å²) < 4.78 is 26.1. The first kappa shape index (κ1) is 14.5. The molecule has 1 N–H and O–H groups in total. The van der Waals surface area contributed by atoms with E-state index in [1.54, 1.807) is 0 Å². The molecular formula is C10H18ClN3O2S. The molecular weight excluding hydrogens is 262 g/mol. The van der Waals surface area contributed by atoms with Crippen LogP contribution in [0.3, 0.4) is 0 Å². The molecule has 0 bridgehead atoms. The van der Waals surface area contributed by atoms with Crippen LogP contribution in [0.15, 0.2) is 17.3 Å². The predicted octanol–water partition coefficient (Wildman–Crippen LogP) is 1.83. The van der Waals surface area contributed by atoms with E-state index in [0.29, 0.717) is 6.54 Å². The van der Waals surface area contributed by atoms with Gasteiger partial charge in [-0.1, -0.05) is 13.8 Å². The summed E-state index contributed by atoms with van der Waals surface area (Å²) in [6.07, 6.45) is 2.96. The fourth-order valence-corrected chi connectivity index (χ4v) is 3.75. The van der Waals surface area contributed by atoms with Crippen molar-refractivity contribution in [1.82, 2.24) is 14.5 Å². The lowest BCUT2D eigenvalue weighted by Gasteiger charge is -2.28. The van der Waals surface area contributed by atoms with Gasteiger partial charge < -0.3 is 0 Å². The van der Waals surface area contributed by atoms with Crippen LogP contribution in [0.1, 0.15) is 26.7 Å². The molecule has 1 heterocycles. The molecule has 1 aromatic rings. The number of aromatic amines is 1. The van der Waals surface area contributed by atoms with Crippen molar-refractivity contribution in [2.75, 3.05) is 12.4 Å². The van der Waals surface area contributed by atoms with E-state index < -0.39 is 10.0 Å². The van der Waals surface area contributed by atoms with E-state index in [4.69, 9.17) is 11.6 Å². The summed E-state index contributed by atoms with van der Waals surface area (Å²) in [5, 5.41) is 6.29. The number of sulfonamides is 1. The van der Waals surface area contributed by atoms with Gasteiger partial charge in [-0.05, 0) is 18.9 Å². The molecule has 0 amide bonds. The monoisotopic (exact) mass is 279 g/mol. The third-order valence-corrected chi connectivity index (χ3v) is 4.77. The highest BCUT2D eigenvalue weighted by Gasteiger charge is 2.30. The summed E-state index contributed by atoms with van der Waals surface area (Å²) in [6, 6.07) is 1.43. The number of hydrogen-bond donors (Lipinski definition) is 1. The topological polar surface area (TPSA) is 66.1 Å². The molecule has 7 heteroatoms. The summed E-state index contributed by atoms with van der Waals surface area (Å²) in [6.45, 7) is 4.25. The Balaban J connectivity index is 3.06. The molecule has 5 nitrogen and oxygen atoms in total. The molecule has 98 valence electrons. The number of nitrogens with zero attached hydrogens (tertiary/aromatic N) is 2. The van der Waals surface area contributed by atoms with E-state index in [1.165, 1.54) is 16.6 Å². The fourth-order valence-electron chi connectivity index (χ4n) is 1.79. The lowest BCUT2D eigenvalue weighted by molar-refractivity contribution is 0.315. The van der Waals surface area contributed by atoms with E-state index in [2.05, 4.69) is 10.2 Å². The van der Waals surface area contributed by atoms with Crippen molar-refractivity contribution < 1.29 is 8.42 Å². The van der Waals surface area contributed by atoms with Crippen molar-refractivity contribution in [1.29, 1.82) is 0 Å². The van der Waals surface area contributed by atoms with Crippen molar-refractivity contribution in [3.8, 4) is 0 Å². The molecule has 0 unspecified atom stereocenters. The van der Waals surface area contributed by atoms with Gasteiger partial charge in [-0.2, -0.15) is 9.40 Å². The molecule has 0 fully saturated rings. The quantitative estimate of drug-likeness (QED) is 0.775. The third kappa shape index (κ3) is 3.20. The van der Waals surface area contributed by atoms with Crippen LogP contribution in [-0.4, -0.2) is 41.4 Å². The lowest BCUT2D eigenvalue weighted by Crippen LogP contribution is -2.41. The zero-order chi connectivity index (χ0) is 12.9. The van der Waals surface area contributed by atoms with Gasteiger partial charge in [-0.3, -0.25) is 5.10 Å². The number of rotatable bonds is 7. The Kier molecular flexibility index (Phi) is 5.42. The first-order valence-corrected chi connectivity index (χ1v) is 7.62. The van der Waals surface area contributed by atoms with Gasteiger partial charge in [-0.25, -0.2) is 8.42 Å². The van der Waals surface area contributed by atoms with Gasteiger partial charge in [0.1, 0.15) is 0 Å². The molecule has 0 spiro atoms. The largest absolute Gasteiger partial charge is 0.266 e. The van der Waals surface area contributed by atoms with Crippen LogP contribution in [0.2, 0.25) is 0 Å². The van der Waals surface area contributed by atoms with Gasteiger partial charge >= 0.3 is 0 Å². The van der Waals surface area contributed by atoms with Gasteiger partial charge in [0.2, 0.25) is 0 Å². The Morgan fingerprint density at radius 3 is 2.53 bits per heavy atom. The van der Waals surface area contributed by atoms with Crippen molar-refractivity contribution in [3.05, 3.63) is 12.3 Å². The van der Waals surface area contributed by atoms with Crippen LogP contribution in [-0.2, 0) is 10.0 Å². The molecule has 17 heavy (non-hydrogen) atoms. The second kappa shape index (κ2) is 6.37. The molecule has 0 aromatic carbocycles. The smallest absolute Gasteiger partial charge is 0.260 e. The van der Waals surface area contributed by atoms with Crippen LogP contribution in [0, 0.1) is 0 Å². The molecule has 0 radical (unpaired) electrons. The first-order valence-electron chi connectivity index (χ1n) is 5.65. The maximum Gasteiger partial charge on any atom is 0.260 e. The van der Waals surface area contributed by atoms with Crippen molar-refractivity contribution >= 4 is 21.6 Å². The second-order valence-electron chi connectivity index (χ2n) is 3.70. The molecule has 1 aromatic heterocycles. The van der Waals surface area contributed by atoms with Gasteiger partial charge in [0.15, 0.2) is 5.03 Å². The summed E-state index contributed by atoms with van der Waals surface area (Å²) >= 11 is 5.69. The Morgan fingerprint density at radius 1 is 1.47 bits per heavy atom.